The standard InChI is InChI=1S/C27H31N5O3/c33-26-19-30(27(34)21-8-6-12-24(16-21)32-15-7-14-29-32)17-25(35-20-22-9-4-5-13-28-22)18-31(26)23-10-2-1-3-11-23/h4-9,12-16,23,25H,1-3,10-11,17-20H2. The lowest BCUT2D eigenvalue weighted by molar-refractivity contribution is -0.134. The van der Waals surface area contributed by atoms with Gasteiger partial charge >= 0.3 is 0 Å². The molecule has 0 bridgehead atoms. The van der Waals surface area contributed by atoms with Gasteiger partial charge in [0.05, 0.1) is 24.1 Å². The smallest absolute Gasteiger partial charge is 0.254 e. The zero-order valence-corrected chi connectivity index (χ0v) is 19.8. The van der Waals surface area contributed by atoms with Crippen LogP contribution in [0, 0.1) is 0 Å². The van der Waals surface area contributed by atoms with Crippen molar-refractivity contribution in [3.05, 3.63) is 78.4 Å². The van der Waals surface area contributed by atoms with E-state index in [1.54, 1.807) is 28.0 Å². The highest BCUT2D eigenvalue weighted by Gasteiger charge is 2.35. The van der Waals surface area contributed by atoms with Crippen LogP contribution in [0.15, 0.2) is 67.1 Å². The third kappa shape index (κ3) is 5.59. The molecule has 8 heteroatoms. The first-order valence-electron chi connectivity index (χ1n) is 12.4. The molecule has 1 saturated carbocycles. The molecule has 8 nitrogen and oxygen atoms in total. The fourth-order valence-electron chi connectivity index (χ4n) is 5.02. The zero-order chi connectivity index (χ0) is 24.0. The van der Waals surface area contributed by atoms with Crippen LogP contribution in [0.25, 0.3) is 5.69 Å². The van der Waals surface area contributed by atoms with E-state index in [1.165, 1.54) is 6.42 Å². The predicted octanol–water partition coefficient (Wildman–Crippen LogP) is 3.47. The van der Waals surface area contributed by atoms with Gasteiger partial charge in [0.2, 0.25) is 5.91 Å². The monoisotopic (exact) mass is 473 g/mol. The highest BCUT2D eigenvalue weighted by molar-refractivity contribution is 5.97. The Hall–Kier alpha value is -3.52. The van der Waals surface area contributed by atoms with E-state index in [9.17, 15) is 9.59 Å². The van der Waals surface area contributed by atoms with Crippen LogP contribution in [0.4, 0.5) is 0 Å². The van der Waals surface area contributed by atoms with Gasteiger partial charge in [-0.05, 0) is 49.2 Å². The van der Waals surface area contributed by atoms with Crippen molar-refractivity contribution >= 4 is 11.8 Å². The average molecular weight is 474 g/mol. The summed E-state index contributed by atoms with van der Waals surface area (Å²) in [4.78, 5) is 34.9. The van der Waals surface area contributed by atoms with Gasteiger partial charge in [0, 0.05) is 43.3 Å². The summed E-state index contributed by atoms with van der Waals surface area (Å²) in [6.07, 6.45) is 10.5. The van der Waals surface area contributed by atoms with Gasteiger partial charge in [0.25, 0.3) is 5.91 Å². The Labute approximate surface area is 205 Å². The molecule has 2 aromatic heterocycles. The number of ether oxygens (including phenoxy) is 1. The van der Waals surface area contributed by atoms with Gasteiger partial charge in [0.1, 0.15) is 6.54 Å². The minimum atomic E-state index is -0.288. The highest BCUT2D eigenvalue weighted by Crippen LogP contribution is 2.25. The molecular formula is C27H31N5O3. The van der Waals surface area contributed by atoms with Crippen LogP contribution in [0.2, 0.25) is 0 Å². The summed E-state index contributed by atoms with van der Waals surface area (Å²) in [5.74, 6) is -0.179. The summed E-state index contributed by atoms with van der Waals surface area (Å²) in [6.45, 7) is 1.25. The normalized spacial score (nSPS) is 19.5. The maximum atomic E-state index is 13.6. The predicted molar refractivity (Wildman–Crippen MR) is 131 cm³/mol. The van der Waals surface area contributed by atoms with Gasteiger partial charge in [-0.1, -0.05) is 31.4 Å². The second-order valence-electron chi connectivity index (χ2n) is 9.28. The molecule has 0 N–H and O–H groups in total. The zero-order valence-electron chi connectivity index (χ0n) is 19.8. The van der Waals surface area contributed by atoms with Crippen molar-refractivity contribution in [3.8, 4) is 5.69 Å². The van der Waals surface area contributed by atoms with E-state index < -0.39 is 0 Å². The van der Waals surface area contributed by atoms with Crippen LogP contribution >= 0.6 is 0 Å². The molecule has 3 aromatic rings. The van der Waals surface area contributed by atoms with Crippen molar-refractivity contribution in [2.75, 3.05) is 19.6 Å². The summed E-state index contributed by atoms with van der Waals surface area (Å²) in [5.41, 5.74) is 2.16. The quantitative estimate of drug-likeness (QED) is 0.548. The third-order valence-corrected chi connectivity index (χ3v) is 6.83. The number of carbonyl (C=O) groups is 2. The minimum absolute atomic E-state index is 0.00239. The molecule has 1 saturated heterocycles. The fourth-order valence-corrected chi connectivity index (χ4v) is 5.02. The summed E-state index contributed by atoms with van der Waals surface area (Å²) in [5, 5.41) is 4.26. The second-order valence-corrected chi connectivity index (χ2v) is 9.28. The van der Waals surface area contributed by atoms with Crippen molar-refractivity contribution in [3.63, 3.8) is 0 Å². The molecule has 182 valence electrons. The van der Waals surface area contributed by atoms with E-state index in [4.69, 9.17) is 4.74 Å². The Bertz CT molecular complexity index is 1130. The van der Waals surface area contributed by atoms with Crippen molar-refractivity contribution in [2.24, 2.45) is 0 Å². The first-order chi connectivity index (χ1) is 17.2. The molecule has 35 heavy (non-hydrogen) atoms. The highest BCUT2D eigenvalue weighted by atomic mass is 16.5. The largest absolute Gasteiger partial charge is 0.368 e. The summed E-state index contributed by atoms with van der Waals surface area (Å²) < 4.78 is 7.97. The van der Waals surface area contributed by atoms with E-state index in [0.29, 0.717) is 25.3 Å². The molecule has 1 unspecified atom stereocenters. The van der Waals surface area contributed by atoms with Gasteiger partial charge in [-0.3, -0.25) is 14.6 Å². The summed E-state index contributed by atoms with van der Waals surface area (Å²) >= 11 is 0. The number of hydrogen-bond donors (Lipinski definition) is 0. The Morgan fingerprint density at radius 2 is 1.89 bits per heavy atom. The molecule has 1 aliphatic heterocycles. The number of hydrogen-bond acceptors (Lipinski definition) is 5. The molecule has 1 aliphatic carbocycles. The molecule has 3 heterocycles. The lowest BCUT2D eigenvalue weighted by Gasteiger charge is -2.34. The number of benzene rings is 1. The first kappa shape index (κ1) is 23.2. The van der Waals surface area contributed by atoms with Crippen LogP contribution in [0.5, 0.6) is 0 Å². The maximum Gasteiger partial charge on any atom is 0.254 e. The first-order valence-corrected chi connectivity index (χ1v) is 12.4. The fraction of sp³-hybridized carbons (Fsp3) is 0.407. The van der Waals surface area contributed by atoms with Gasteiger partial charge in [0.15, 0.2) is 0 Å². The van der Waals surface area contributed by atoms with Crippen LogP contribution in [0.3, 0.4) is 0 Å². The Kier molecular flexibility index (Phi) is 7.18. The van der Waals surface area contributed by atoms with Crippen LogP contribution in [0.1, 0.15) is 48.2 Å². The molecule has 5 rings (SSSR count). The van der Waals surface area contributed by atoms with E-state index >= 15 is 0 Å². The van der Waals surface area contributed by atoms with Crippen LogP contribution < -0.4 is 0 Å². The van der Waals surface area contributed by atoms with E-state index in [0.717, 1.165) is 37.1 Å². The lowest BCUT2D eigenvalue weighted by atomic mass is 9.94. The Morgan fingerprint density at radius 1 is 1.00 bits per heavy atom. The van der Waals surface area contributed by atoms with Gasteiger partial charge in [-0.25, -0.2) is 4.68 Å². The van der Waals surface area contributed by atoms with E-state index in [2.05, 4.69) is 10.1 Å². The number of amides is 2. The molecule has 2 aliphatic rings. The molecule has 0 radical (unpaired) electrons. The SMILES string of the molecule is O=C(c1cccc(-n2cccn2)c1)N1CC(=O)N(C2CCCCC2)CC(OCc2ccccn2)C1. The molecule has 2 amide bonds. The Balaban J connectivity index is 1.37. The van der Waals surface area contributed by atoms with Crippen molar-refractivity contribution in [1.82, 2.24) is 24.6 Å². The van der Waals surface area contributed by atoms with E-state index in [1.807, 2.05) is 53.6 Å². The molecule has 1 atom stereocenters. The lowest BCUT2D eigenvalue weighted by Crippen LogP contribution is -2.46. The third-order valence-electron chi connectivity index (χ3n) is 6.83. The van der Waals surface area contributed by atoms with Gasteiger partial charge < -0.3 is 14.5 Å². The average Bonchev–Trinajstić information content (AvgIpc) is 3.40. The number of carbonyl (C=O) groups excluding carboxylic acids is 2. The number of pyridine rings is 1. The maximum absolute atomic E-state index is 13.6. The van der Waals surface area contributed by atoms with Gasteiger partial charge in [-0.2, -0.15) is 5.10 Å². The van der Waals surface area contributed by atoms with Crippen molar-refractivity contribution in [1.29, 1.82) is 0 Å². The topological polar surface area (TPSA) is 80.6 Å². The molecule has 1 aromatic carbocycles. The number of nitrogens with zero attached hydrogens (tertiary/aromatic N) is 5. The van der Waals surface area contributed by atoms with Crippen LogP contribution in [-0.2, 0) is 16.1 Å². The molecular weight excluding hydrogens is 442 g/mol. The number of rotatable bonds is 6. The summed E-state index contributed by atoms with van der Waals surface area (Å²) in [6, 6.07) is 15.1. The van der Waals surface area contributed by atoms with Crippen molar-refractivity contribution in [2.45, 2.75) is 50.9 Å². The number of aromatic nitrogens is 3. The van der Waals surface area contributed by atoms with Crippen molar-refractivity contribution < 1.29 is 14.3 Å². The Morgan fingerprint density at radius 3 is 2.66 bits per heavy atom. The molecule has 0 spiro atoms. The van der Waals surface area contributed by atoms with Crippen LogP contribution in [-0.4, -0.2) is 68.2 Å². The van der Waals surface area contributed by atoms with E-state index in [-0.39, 0.29) is 30.5 Å². The minimum Gasteiger partial charge on any atom is -0.368 e. The molecule has 2 fully saturated rings. The second kappa shape index (κ2) is 10.8. The van der Waals surface area contributed by atoms with Gasteiger partial charge in [-0.15, -0.1) is 0 Å². The summed E-state index contributed by atoms with van der Waals surface area (Å²) in [7, 11) is 0.